The minimum atomic E-state index is -0.109. The van der Waals surface area contributed by atoms with Crippen molar-refractivity contribution in [2.45, 2.75) is 66.4 Å². The van der Waals surface area contributed by atoms with Crippen molar-refractivity contribution < 1.29 is 5.11 Å². The molecule has 0 amide bonds. The maximum absolute atomic E-state index is 9.62. The zero-order chi connectivity index (χ0) is 11.6. The maximum Gasteiger partial charge on any atom is 0.0540 e. The first-order chi connectivity index (χ1) is 6.90. The molecule has 1 unspecified atom stereocenters. The summed E-state index contributed by atoms with van der Waals surface area (Å²) >= 11 is 0. The highest BCUT2D eigenvalue weighted by Gasteiger charge is 2.40. The third-order valence-corrected chi connectivity index (χ3v) is 4.94. The Morgan fingerprint density at radius 1 is 0.933 bits per heavy atom. The standard InChI is InChI=1S/C14H28O/c1-10(2)14(11(3)4)8-6-13(7-9-14)12(5)15/h10-13,15H,6-9H2,1-5H3. The van der Waals surface area contributed by atoms with Gasteiger partial charge < -0.3 is 5.11 Å². The Bertz CT molecular complexity index is 176. The first-order valence-corrected chi connectivity index (χ1v) is 6.58. The van der Waals surface area contributed by atoms with Gasteiger partial charge in [0, 0.05) is 0 Å². The van der Waals surface area contributed by atoms with Crippen LogP contribution in [-0.4, -0.2) is 11.2 Å². The van der Waals surface area contributed by atoms with Crippen molar-refractivity contribution in [3.63, 3.8) is 0 Å². The highest BCUT2D eigenvalue weighted by Crippen LogP contribution is 2.49. The summed E-state index contributed by atoms with van der Waals surface area (Å²) in [7, 11) is 0. The van der Waals surface area contributed by atoms with E-state index in [0.29, 0.717) is 11.3 Å². The molecule has 1 atom stereocenters. The van der Waals surface area contributed by atoms with E-state index < -0.39 is 0 Å². The molecule has 1 aliphatic rings. The van der Waals surface area contributed by atoms with Crippen LogP contribution < -0.4 is 0 Å². The molecule has 90 valence electrons. The van der Waals surface area contributed by atoms with Gasteiger partial charge in [-0.3, -0.25) is 0 Å². The van der Waals surface area contributed by atoms with Gasteiger partial charge in [0.2, 0.25) is 0 Å². The molecule has 0 aliphatic heterocycles. The summed E-state index contributed by atoms with van der Waals surface area (Å²) in [4.78, 5) is 0. The Morgan fingerprint density at radius 2 is 1.33 bits per heavy atom. The number of hydrogen-bond acceptors (Lipinski definition) is 1. The van der Waals surface area contributed by atoms with E-state index in [1.54, 1.807) is 0 Å². The first kappa shape index (κ1) is 13.0. The molecule has 0 heterocycles. The molecule has 1 aliphatic carbocycles. The van der Waals surface area contributed by atoms with E-state index in [2.05, 4.69) is 27.7 Å². The largest absolute Gasteiger partial charge is 0.393 e. The fourth-order valence-electron chi connectivity index (χ4n) is 3.48. The summed E-state index contributed by atoms with van der Waals surface area (Å²) in [5, 5.41) is 9.62. The first-order valence-electron chi connectivity index (χ1n) is 6.58. The molecular weight excluding hydrogens is 184 g/mol. The minimum Gasteiger partial charge on any atom is -0.393 e. The Hall–Kier alpha value is -0.0400. The SMILES string of the molecule is CC(O)C1CCC(C(C)C)(C(C)C)CC1. The molecule has 1 heteroatoms. The molecule has 0 aromatic rings. The second-order valence-electron chi connectivity index (χ2n) is 6.12. The number of aliphatic hydroxyl groups excluding tert-OH is 1. The van der Waals surface area contributed by atoms with Crippen molar-refractivity contribution in [3.8, 4) is 0 Å². The lowest BCUT2D eigenvalue weighted by Gasteiger charge is -2.47. The van der Waals surface area contributed by atoms with Crippen molar-refractivity contribution in [3.05, 3.63) is 0 Å². The summed E-state index contributed by atoms with van der Waals surface area (Å²) in [6, 6.07) is 0. The van der Waals surface area contributed by atoms with Gasteiger partial charge in [0.1, 0.15) is 0 Å². The van der Waals surface area contributed by atoms with Gasteiger partial charge >= 0.3 is 0 Å². The lowest BCUT2D eigenvalue weighted by atomic mass is 9.59. The van der Waals surface area contributed by atoms with Crippen molar-refractivity contribution in [2.24, 2.45) is 23.2 Å². The molecule has 1 nitrogen and oxygen atoms in total. The third kappa shape index (κ3) is 2.55. The van der Waals surface area contributed by atoms with Crippen LogP contribution in [0, 0.1) is 23.2 Å². The highest BCUT2D eigenvalue weighted by atomic mass is 16.3. The molecule has 0 aromatic carbocycles. The van der Waals surface area contributed by atoms with Gasteiger partial charge in [-0.1, -0.05) is 27.7 Å². The normalized spacial score (nSPS) is 24.8. The van der Waals surface area contributed by atoms with E-state index >= 15 is 0 Å². The molecule has 0 saturated heterocycles. The van der Waals surface area contributed by atoms with Crippen LogP contribution in [0.5, 0.6) is 0 Å². The molecule has 1 saturated carbocycles. The summed E-state index contributed by atoms with van der Waals surface area (Å²) in [6.07, 6.45) is 4.93. The van der Waals surface area contributed by atoms with Gasteiger partial charge in [-0.25, -0.2) is 0 Å². The van der Waals surface area contributed by atoms with E-state index in [0.717, 1.165) is 11.8 Å². The van der Waals surface area contributed by atoms with Crippen molar-refractivity contribution in [1.82, 2.24) is 0 Å². The van der Waals surface area contributed by atoms with Crippen LogP contribution in [0.15, 0.2) is 0 Å². The van der Waals surface area contributed by atoms with Gasteiger partial charge in [-0.15, -0.1) is 0 Å². The number of hydrogen-bond donors (Lipinski definition) is 1. The molecule has 0 bridgehead atoms. The molecule has 0 radical (unpaired) electrons. The van der Waals surface area contributed by atoms with Crippen LogP contribution in [0.2, 0.25) is 0 Å². The molecule has 15 heavy (non-hydrogen) atoms. The van der Waals surface area contributed by atoms with Gasteiger partial charge in [-0.2, -0.15) is 0 Å². The Kier molecular flexibility index (Phi) is 4.22. The summed E-state index contributed by atoms with van der Waals surface area (Å²) in [6.45, 7) is 11.4. The van der Waals surface area contributed by atoms with Gasteiger partial charge in [0.05, 0.1) is 6.10 Å². The predicted octanol–water partition coefficient (Wildman–Crippen LogP) is 3.86. The summed E-state index contributed by atoms with van der Waals surface area (Å²) < 4.78 is 0. The fraction of sp³-hybridized carbons (Fsp3) is 1.00. The molecule has 0 aromatic heterocycles. The second kappa shape index (κ2) is 4.86. The van der Waals surface area contributed by atoms with E-state index in [9.17, 15) is 5.11 Å². The monoisotopic (exact) mass is 212 g/mol. The minimum absolute atomic E-state index is 0.109. The van der Waals surface area contributed by atoms with Crippen molar-refractivity contribution in [1.29, 1.82) is 0 Å². The highest BCUT2D eigenvalue weighted by molar-refractivity contribution is 4.91. The summed E-state index contributed by atoms with van der Waals surface area (Å²) in [5.41, 5.74) is 0.533. The molecule has 1 N–H and O–H groups in total. The van der Waals surface area contributed by atoms with Crippen LogP contribution in [0.3, 0.4) is 0 Å². The molecular formula is C14H28O. The van der Waals surface area contributed by atoms with Crippen molar-refractivity contribution in [2.75, 3.05) is 0 Å². The average molecular weight is 212 g/mol. The third-order valence-electron chi connectivity index (χ3n) is 4.94. The molecule has 1 rings (SSSR count). The van der Waals surface area contributed by atoms with E-state index in [4.69, 9.17) is 0 Å². The Balaban J connectivity index is 2.66. The van der Waals surface area contributed by atoms with E-state index in [1.165, 1.54) is 25.7 Å². The van der Waals surface area contributed by atoms with E-state index in [1.807, 2.05) is 6.92 Å². The summed E-state index contributed by atoms with van der Waals surface area (Å²) in [5.74, 6) is 2.09. The molecule has 0 spiro atoms. The van der Waals surface area contributed by atoms with Gasteiger partial charge in [-0.05, 0) is 55.8 Å². The topological polar surface area (TPSA) is 20.2 Å². The van der Waals surface area contributed by atoms with Crippen LogP contribution >= 0.6 is 0 Å². The van der Waals surface area contributed by atoms with Crippen LogP contribution in [0.1, 0.15) is 60.3 Å². The lowest BCUT2D eigenvalue weighted by molar-refractivity contribution is 0.00409. The average Bonchev–Trinajstić information content (AvgIpc) is 2.17. The van der Waals surface area contributed by atoms with E-state index in [-0.39, 0.29) is 6.10 Å². The molecule has 1 fully saturated rings. The second-order valence-corrected chi connectivity index (χ2v) is 6.12. The van der Waals surface area contributed by atoms with Crippen molar-refractivity contribution >= 4 is 0 Å². The predicted molar refractivity (Wildman–Crippen MR) is 65.7 cm³/mol. The fourth-order valence-corrected chi connectivity index (χ4v) is 3.48. The quantitative estimate of drug-likeness (QED) is 0.753. The van der Waals surface area contributed by atoms with Crippen LogP contribution in [-0.2, 0) is 0 Å². The Morgan fingerprint density at radius 3 is 1.60 bits per heavy atom. The smallest absolute Gasteiger partial charge is 0.0540 e. The number of rotatable bonds is 3. The van der Waals surface area contributed by atoms with Gasteiger partial charge in [0.25, 0.3) is 0 Å². The Labute approximate surface area is 95.3 Å². The zero-order valence-electron chi connectivity index (χ0n) is 11.1. The van der Waals surface area contributed by atoms with Crippen LogP contribution in [0.4, 0.5) is 0 Å². The zero-order valence-corrected chi connectivity index (χ0v) is 11.1. The lowest BCUT2D eigenvalue weighted by Crippen LogP contribution is -2.39. The van der Waals surface area contributed by atoms with Crippen LogP contribution in [0.25, 0.3) is 0 Å². The maximum atomic E-state index is 9.62. The van der Waals surface area contributed by atoms with Gasteiger partial charge in [0.15, 0.2) is 0 Å². The number of aliphatic hydroxyl groups is 1.